The van der Waals surface area contributed by atoms with Crippen molar-refractivity contribution < 1.29 is 19.7 Å². The van der Waals surface area contributed by atoms with Gasteiger partial charge in [0.15, 0.2) is 0 Å². The summed E-state index contributed by atoms with van der Waals surface area (Å²) in [6.45, 7) is 19.5. The minimum atomic E-state index is -0.887. The van der Waals surface area contributed by atoms with E-state index < -0.39 is 17.3 Å². The van der Waals surface area contributed by atoms with Crippen LogP contribution >= 0.6 is 0 Å². The number of hydrogen-bond acceptors (Lipinski definition) is 4. The summed E-state index contributed by atoms with van der Waals surface area (Å²) in [6.07, 6.45) is 8.74. The number of ketones is 1. The molecular formula is C30H50O4. The molecule has 0 radical (unpaired) electrons. The average molecular weight is 475 g/mol. The van der Waals surface area contributed by atoms with Gasteiger partial charge in [0.05, 0.1) is 23.4 Å². The summed E-state index contributed by atoms with van der Waals surface area (Å²) in [5, 5.41) is 21.4. The lowest BCUT2D eigenvalue weighted by Crippen LogP contribution is -2.57. The van der Waals surface area contributed by atoms with Crippen molar-refractivity contribution >= 4 is 5.78 Å². The molecule has 34 heavy (non-hydrogen) atoms. The molecule has 0 amide bonds. The lowest BCUT2D eigenvalue weighted by molar-refractivity contribution is -0.157. The molecule has 3 aliphatic carbocycles. The molecule has 1 heterocycles. The molecule has 8 unspecified atom stereocenters. The van der Waals surface area contributed by atoms with Crippen LogP contribution in [0.15, 0.2) is 12.2 Å². The third-order valence-electron chi connectivity index (χ3n) is 11.4. The Labute approximate surface area is 207 Å². The SMILES string of the molecule is C=C(CCC(O)C1(C)CCC(C(C)(C)O)O1)C1CCC2C1(C)CCC1C(C)(C)C(=O)CCC12C. The Hall–Kier alpha value is -0.710. The first-order chi connectivity index (χ1) is 15.6. The molecule has 2 N–H and O–H groups in total. The summed E-state index contributed by atoms with van der Waals surface area (Å²) < 4.78 is 6.18. The molecule has 4 nitrogen and oxygen atoms in total. The van der Waals surface area contributed by atoms with Crippen LogP contribution in [0, 0.1) is 34.0 Å². The van der Waals surface area contributed by atoms with Gasteiger partial charge in [-0.25, -0.2) is 0 Å². The van der Waals surface area contributed by atoms with E-state index in [4.69, 9.17) is 4.74 Å². The van der Waals surface area contributed by atoms with E-state index in [0.29, 0.717) is 30.0 Å². The molecule has 0 aromatic rings. The van der Waals surface area contributed by atoms with Gasteiger partial charge in [0, 0.05) is 11.8 Å². The standard InChI is InChI=1S/C30H50O4/c1-19(9-12-24(32)30(8)18-15-25(34-30)27(4,5)33)20-10-11-22-28(20,6)16-13-21-26(2,3)23(31)14-17-29(21,22)7/h20-22,24-25,32-33H,1,9-18H2,2-8H3. The second-order valence-corrected chi connectivity index (χ2v) is 14.3. The molecule has 1 saturated heterocycles. The molecule has 4 rings (SSSR count). The molecule has 0 bridgehead atoms. The molecule has 194 valence electrons. The number of ether oxygens (including phenoxy) is 1. The molecule has 1 aliphatic heterocycles. The fraction of sp³-hybridized carbons (Fsp3) is 0.900. The largest absolute Gasteiger partial charge is 0.390 e. The van der Waals surface area contributed by atoms with E-state index in [-0.39, 0.29) is 22.3 Å². The first-order valence-electron chi connectivity index (χ1n) is 13.8. The van der Waals surface area contributed by atoms with Gasteiger partial charge < -0.3 is 14.9 Å². The Morgan fingerprint density at radius 3 is 2.32 bits per heavy atom. The van der Waals surface area contributed by atoms with Crippen molar-refractivity contribution in [2.24, 2.45) is 34.0 Å². The summed E-state index contributed by atoms with van der Waals surface area (Å²) in [4.78, 5) is 12.8. The molecule has 4 fully saturated rings. The van der Waals surface area contributed by atoms with Gasteiger partial charge in [-0.05, 0) is 107 Å². The van der Waals surface area contributed by atoms with Crippen LogP contribution in [0.25, 0.3) is 0 Å². The molecule has 0 spiro atoms. The molecule has 4 heteroatoms. The second-order valence-electron chi connectivity index (χ2n) is 14.3. The Morgan fingerprint density at radius 1 is 1.03 bits per heavy atom. The number of allylic oxidation sites excluding steroid dienone is 1. The molecule has 0 aromatic carbocycles. The monoisotopic (exact) mass is 474 g/mol. The normalized spacial score (nSPS) is 45.0. The van der Waals surface area contributed by atoms with Crippen LogP contribution in [-0.4, -0.2) is 39.4 Å². The van der Waals surface area contributed by atoms with E-state index in [2.05, 4.69) is 34.3 Å². The van der Waals surface area contributed by atoms with Crippen molar-refractivity contribution in [3.63, 3.8) is 0 Å². The zero-order chi connectivity index (χ0) is 25.3. The number of carbonyl (C=O) groups is 1. The highest BCUT2D eigenvalue weighted by Gasteiger charge is 2.63. The van der Waals surface area contributed by atoms with Crippen molar-refractivity contribution in [2.45, 2.75) is 136 Å². The van der Waals surface area contributed by atoms with E-state index >= 15 is 0 Å². The summed E-state index contributed by atoms with van der Waals surface area (Å²) in [5.41, 5.74) is 0.0730. The van der Waals surface area contributed by atoms with Gasteiger partial charge in [-0.1, -0.05) is 39.8 Å². The van der Waals surface area contributed by atoms with Gasteiger partial charge in [0.25, 0.3) is 0 Å². The van der Waals surface area contributed by atoms with Crippen molar-refractivity contribution in [3.8, 4) is 0 Å². The van der Waals surface area contributed by atoms with Gasteiger partial charge >= 0.3 is 0 Å². The molecule has 8 atom stereocenters. The number of hydrogen-bond donors (Lipinski definition) is 2. The van der Waals surface area contributed by atoms with E-state index in [9.17, 15) is 15.0 Å². The summed E-state index contributed by atoms with van der Waals surface area (Å²) in [6, 6.07) is 0. The van der Waals surface area contributed by atoms with Crippen LogP contribution in [0.2, 0.25) is 0 Å². The summed E-state index contributed by atoms with van der Waals surface area (Å²) in [7, 11) is 0. The van der Waals surface area contributed by atoms with Crippen molar-refractivity contribution in [1.29, 1.82) is 0 Å². The molecule has 0 aromatic heterocycles. The second kappa shape index (κ2) is 8.42. The fourth-order valence-corrected chi connectivity index (χ4v) is 9.20. The quantitative estimate of drug-likeness (QED) is 0.448. The van der Waals surface area contributed by atoms with Crippen LogP contribution in [0.1, 0.15) is 113 Å². The lowest BCUT2D eigenvalue weighted by atomic mass is 9.43. The molecule has 3 saturated carbocycles. The predicted molar refractivity (Wildman–Crippen MR) is 136 cm³/mol. The van der Waals surface area contributed by atoms with E-state index in [0.717, 1.165) is 38.5 Å². The number of aliphatic hydroxyl groups excluding tert-OH is 1. The van der Waals surface area contributed by atoms with Crippen molar-refractivity contribution in [3.05, 3.63) is 12.2 Å². The number of Topliss-reactive ketones (excluding diaryl/α,β-unsaturated/α-hetero) is 1. The Bertz CT molecular complexity index is 824. The highest BCUT2D eigenvalue weighted by molar-refractivity contribution is 5.85. The van der Waals surface area contributed by atoms with E-state index in [1.165, 1.54) is 24.8 Å². The minimum absolute atomic E-state index is 0.203. The average Bonchev–Trinajstić information content (AvgIpc) is 3.31. The molecule has 4 aliphatic rings. The Kier molecular flexibility index (Phi) is 6.52. The van der Waals surface area contributed by atoms with Gasteiger partial charge in [-0.3, -0.25) is 4.79 Å². The Balaban J connectivity index is 1.42. The van der Waals surface area contributed by atoms with Gasteiger partial charge in [0.1, 0.15) is 5.78 Å². The number of rotatable bonds is 6. The van der Waals surface area contributed by atoms with E-state index in [1.54, 1.807) is 13.8 Å². The fourth-order valence-electron chi connectivity index (χ4n) is 9.20. The third kappa shape index (κ3) is 4.04. The Morgan fingerprint density at radius 2 is 1.71 bits per heavy atom. The maximum Gasteiger partial charge on any atom is 0.138 e. The third-order valence-corrected chi connectivity index (χ3v) is 11.4. The molecular weight excluding hydrogens is 424 g/mol. The first-order valence-corrected chi connectivity index (χ1v) is 13.8. The van der Waals surface area contributed by atoms with E-state index in [1.807, 2.05) is 6.92 Å². The van der Waals surface area contributed by atoms with Crippen molar-refractivity contribution in [2.75, 3.05) is 0 Å². The first kappa shape index (κ1) is 26.4. The summed E-state index contributed by atoms with van der Waals surface area (Å²) in [5.74, 6) is 2.07. The predicted octanol–water partition coefficient (Wildman–Crippen LogP) is 6.23. The van der Waals surface area contributed by atoms with Crippen LogP contribution in [-0.2, 0) is 9.53 Å². The zero-order valence-corrected chi connectivity index (χ0v) is 22.9. The van der Waals surface area contributed by atoms with Gasteiger partial charge in [-0.15, -0.1) is 0 Å². The van der Waals surface area contributed by atoms with Crippen LogP contribution in [0.4, 0.5) is 0 Å². The van der Waals surface area contributed by atoms with Crippen LogP contribution in [0.3, 0.4) is 0 Å². The number of fused-ring (bicyclic) bond motifs is 3. The topological polar surface area (TPSA) is 66.8 Å². The maximum absolute atomic E-state index is 12.8. The highest BCUT2D eigenvalue weighted by Crippen LogP contribution is 2.70. The van der Waals surface area contributed by atoms with Gasteiger partial charge in [0.2, 0.25) is 0 Å². The van der Waals surface area contributed by atoms with Crippen LogP contribution < -0.4 is 0 Å². The van der Waals surface area contributed by atoms with Gasteiger partial charge in [-0.2, -0.15) is 0 Å². The zero-order valence-electron chi connectivity index (χ0n) is 22.9. The smallest absolute Gasteiger partial charge is 0.138 e. The minimum Gasteiger partial charge on any atom is -0.390 e. The number of carbonyl (C=O) groups excluding carboxylic acids is 1. The highest BCUT2D eigenvalue weighted by atomic mass is 16.5. The van der Waals surface area contributed by atoms with Crippen LogP contribution in [0.5, 0.6) is 0 Å². The maximum atomic E-state index is 12.8. The number of aliphatic hydroxyl groups is 2. The van der Waals surface area contributed by atoms with Crippen molar-refractivity contribution in [1.82, 2.24) is 0 Å². The summed E-state index contributed by atoms with van der Waals surface area (Å²) >= 11 is 0. The lowest BCUT2D eigenvalue weighted by Gasteiger charge is -2.61.